The van der Waals surface area contributed by atoms with Crippen LogP contribution in [0.4, 0.5) is 0 Å². The number of benzene rings is 3. The number of rotatable bonds is 5. The van der Waals surface area contributed by atoms with Crippen LogP contribution in [-0.4, -0.2) is 14.6 Å². The van der Waals surface area contributed by atoms with Crippen molar-refractivity contribution < 1.29 is 4.74 Å². The maximum absolute atomic E-state index is 9.38. The zero-order valence-corrected chi connectivity index (χ0v) is 16.6. The number of hydrogen-bond donors (Lipinski definition) is 0. The normalized spacial score (nSPS) is 10.7. The van der Waals surface area contributed by atoms with Gasteiger partial charge in [0.05, 0.1) is 11.9 Å². The molecule has 0 aliphatic carbocycles. The van der Waals surface area contributed by atoms with Gasteiger partial charge >= 0.3 is 0 Å². The molecule has 0 unspecified atom stereocenters. The van der Waals surface area contributed by atoms with Crippen molar-refractivity contribution in [1.29, 1.82) is 5.26 Å². The Bertz CT molecular complexity index is 1370. The van der Waals surface area contributed by atoms with Gasteiger partial charge in [-0.15, -0.1) is 0 Å². The first-order valence-corrected chi connectivity index (χ1v) is 9.93. The van der Waals surface area contributed by atoms with E-state index in [9.17, 15) is 5.26 Å². The lowest BCUT2D eigenvalue weighted by atomic mass is 10.0. The summed E-state index contributed by atoms with van der Waals surface area (Å²) in [5, 5.41) is 13.8. The van der Waals surface area contributed by atoms with Gasteiger partial charge in [-0.05, 0) is 23.3 Å². The first-order valence-electron chi connectivity index (χ1n) is 9.93. The van der Waals surface area contributed by atoms with Crippen molar-refractivity contribution in [3.63, 3.8) is 0 Å². The maximum Gasteiger partial charge on any atom is 0.173 e. The Morgan fingerprint density at radius 1 is 0.806 bits per heavy atom. The highest BCUT2D eigenvalue weighted by Gasteiger charge is 2.16. The Hall–Kier alpha value is -4.43. The molecular weight excluding hydrogens is 384 g/mol. The van der Waals surface area contributed by atoms with Crippen LogP contribution in [0.3, 0.4) is 0 Å². The van der Waals surface area contributed by atoms with Crippen molar-refractivity contribution in [1.82, 2.24) is 14.6 Å². The zero-order chi connectivity index (χ0) is 21.0. The summed E-state index contributed by atoms with van der Waals surface area (Å²) in [6.07, 6.45) is 3.36. The fourth-order valence-corrected chi connectivity index (χ4v) is 3.57. The third-order valence-electron chi connectivity index (χ3n) is 5.11. The summed E-state index contributed by atoms with van der Waals surface area (Å²) in [7, 11) is 0. The van der Waals surface area contributed by atoms with Crippen molar-refractivity contribution in [2.75, 3.05) is 0 Å². The molecule has 2 heterocycles. The average molecular weight is 402 g/mol. The molecule has 0 spiro atoms. The molecule has 5 aromatic rings. The van der Waals surface area contributed by atoms with Gasteiger partial charge in [0, 0.05) is 17.3 Å². The third-order valence-corrected chi connectivity index (χ3v) is 5.11. The van der Waals surface area contributed by atoms with Crippen molar-refractivity contribution >= 4 is 5.65 Å². The fourth-order valence-electron chi connectivity index (χ4n) is 3.57. The molecule has 3 aromatic carbocycles. The number of ether oxygens (including phenoxy) is 1. The molecular formula is C26H18N4O. The predicted octanol–water partition coefficient (Wildman–Crippen LogP) is 5.51. The number of hydrogen-bond acceptors (Lipinski definition) is 4. The highest BCUT2D eigenvalue weighted by Crippen LogP contribution is 2.33. The topological polar surface area (TPSA) is 63.2 Å². The highest BCUT2D eigenvalue weighted by atomic mass is 16.5. The van der Waals surface area contributed by atoms with Gasteiger partial charge in [-0.3, -0.25) is 0 Å². The van der Waals surface area contributed by atoms with Crippen LogP contribution in [0.1, 0.15) is 11.1 Å². The predicted molar refractivity (Wildman–Crippen MR) is 119 cm³/mol. The van der Waals surface area contributed by atoms with E-state index >= 15 is 0 Å². The average Bonchev–Trinajstić information content (AvgIpc) is 3.27. The van der Waals surface area contributed by atoms with Crippen molar-refractivity contribution in [2.24, 2.45) is 0 Å². The summed E-state index contributed by atoms with van der Waals surface area (Å²) in [4.78, 5) is 4.52. The molecule has 0 aliphatic heterocycles. The van der Waals surface area contributed by atoms with E-state index in [4.69, 9.17) is 4.74 Å². The number of nitrogens with zero attached hydrogens (tertiary/aromatic N) is 4. The van der Waals surface area contributed by atoms with Crippen LogP contribution in [0, 0.1) is 11.3 Å². The van der Waals surface area contributed by atoms with E-state index in [0.29, 0.717) is 17.8 Å². The third kappa shape index (κ3) is 3.63. The lowest BCUT2D eigenvalue weighted by Gasteiger charge is -2.13. The number of fused-ring (bicyclic) bond motifs is 1. The van der Waals surface area contributed by atoms with Crippen LogP contribution in [0.2, 0.25) is 0 Å². The molecule has 2 aromatic heterocycles. The molecule has 0 fully saturated rings. The molecule has 0 bridgehead atoms. The van der Waals surface area contributed by atoms with Crippen LogP contribution in [-0.2, 0) is 6.61 Å². The van der Waals surface area contributed by atoms with Gasteiger partial charge in [-0.2, -0.15) is 10.4 Å². The molecule has 31 heavy (non-hydrogen) atoms. The van der Waals surface area contributed by atoms with Crippen molar-refractivity contribution in [3.8, 4) is 34.2 Å². The van der Waals surface area contributed by atoms with Crippen LogP contribution >= 0.6 is 0 Å². The van der Waals surface area contributed by atoms with Gasteiger partial charge in [-0.25, -0.2) is 9.50 Å². The van der Waals surface area contributed by atoms with Gasteiger partial charge < -0.3 is 4.74 Å². The standard InChI is InChI=1S/C26H18N4O/c27-15-22-16-29-30-25(21-9-5-2-6-10-21)24(17-28-26(22)30)20-11-13-23(14-12-20)31-18-19-7-3-1-4-8-19/h1-14,16-17H,18H2. The van der Waals surface area contributed by atoms with Gasteiger partial charge in [0.15, 0.2) is 5.65 Å². The van der Waals surface area contributed by atoms with Gasteiger partial charge in [0.1, 0.15) is 24.0 Å². The summed E-state index contributed by atoms with van der Waals surface area (Å²) < 4.78 is 7.66. The minimum absolute atomic E-state index is 0.452. The van der Waals surface area contributed by atoms with Gasteiger partial charge in [0.2, 0.25) is 0 Å². The maximum atomic E-state index is 9.38. The first kappa shape index (κ1) is 18.6. The summed E-state index contributed by atoms with van der Waals surface area (Å²) in [5.41, 5.74) is 5.95. The van der Waals surface area contributed by atoms with Crippen LogP contribution < -0.4 is 4.74 Å². The Balaban J connectivity index is 1.53. The molecule has 0 radical (unpaired) electrons. The molecule has 5 rings (SSSR count). The lowest BCUT2D eigenvalue weighted by molar-refractivity contribution is 0.306. The van der Waals surface area contributed by atoms with Gasteiger partial charge in [-0.1, -0.05) is 72.8 Å². The second kappa shape index (κ2) is 8.13. The lowest BCUT2D eigenvalue weighted by Crippen LogP contribution is -2.00. The van der Waals surface area contributed by atoms with Crippen molar-refractivity contribution in [3.05, 3.63) is 108 Å². The smallest absolute Gasteiger partial charge is 0.173 e. The van der Waals surface area contributed by atoms with Crippen molar-refractivity contribution in [2.45, 2.75) is 6.61 Å². The summed E-state index contributed by atoms with van der Waals surface area (Å²) in [6.45, 7) is 0.521. The van der Waals surface area contributed by atoms with E-state index in [1.807, 2.05) is 84.9 Å². The Morgan fingerprint density at radius 3 is 2.23 bits per heavy atom. The molecule has 0 N–H and O–H groups in total. The highest BCUT2D eigenvalue weighted by molar-refractivity contribution is 5.82. The Labute approximate surface area is 179 Å². The molecule has 148 valence electrons. The Kier molecular flexibility index (Phi) is 4.88. The molecule has 0 amide bonds. The zero-order valence-electron chi connectivity index (χ0n) is 16.6. The second-order valence-corrected chi connectivity index (χ2v) is 7.09. The fraction of sp³-hybridized carbons (Fsp3) is 0.0385. The van der Waals surface area contributed by atoms with E-state index in [1.165, 1.54) is 0 Å². The van der Waals surface area contributed by atoms with E-state index in [2.05, 4.69) is 16.2 Å². The molecule has 5 nitrogen and oxygen atoms in total. The molecule has 0 atom stereocenters. The van der Waals surface area contributed by atoms with Crippen LogP contribution in [0.25, 0.3) is 28.0 Å². The quantitative estimate of drug-likeness (QED) is 0.389. The van der Waals surface area contributed by atoms with Crippen LogP contribution in [0.15, 0.2) is 97.3 Å². The van der Waals surface area contributed by atoms with E-state index in [1.54, 1.807) is 16.9 Å². The number of nitriles is 1. The van der Waals surface area contributed by atoms with Crippen LogP contribution in [0.5, 0.6) is 5.75 Å². The summed E-state index contributed by atoms with van der Waals surface area (Å²) in [6, 6.07) is 30.2. The Morgan fingerprint density at radius 2 is 1.52 bits per heavy atom. The molecule has 5 heteroatoms. The van der Waals surface area contributed by atoms with E-state index in [-0.39, 0.29) is 0 Å². The first-order chi connectivity index (χ1) is 15.3. The van der Waals surface area contributed by atoms with E-state index in [0.717, 1.165) is 33.7 Å². The monoisotopic (exact) mass is 402 g/mol. The van der Waals surface area contributed by atoms with Gasteiger partial charge in [0.25, 0.3) is 0 Å². The van der Waals surface area contributed by atoms with E-state index < -0.39 is 0 Å². The minimum atomic E-state index is 0.452. The second-order valence-electron chi connectivity index (χ2n) is 7.09. The molecule has 0 saturated carbocycles. The minimum Gasteiger partial charge on any atom is -0.489 e. The molecule has 0 saturated heterocycles. The molecule has 0 aliphatic rings. The SMILES string of the molecule is N#Cc1cnn2c(-c3ccccc3)c(-c3ccc(OCc4ccccc4)cc3)cnc12. The number of aromatic nitrogens is 3. The largest absolute Gasteiger partial charge is 0.489 e. The summed E-state index contributed by atoms with van der Waals surface area (Å²) in [5.74, 6) is 0.800. The summed E-state index contributed by atoms with van der Waals surface area (Å²) >= 11 is 0.